The van der Waals surface area contributed by atoms with Crippen LogP contribution >= 0.6 is 0 Å². The summed E-state index contributed by atoms with van der Waals surface area (Å²) in [6, 6.07) is -0.0527. The molecule has 1 aliphatic heterocycles. The van der Waals surface area contributed by atoms with Crippen LogP contribution in [-0.4, -0.2) is 66.9 Å². The van der Waals surface area contributed by atoms with Crippen molar-refractivity contribution < 1.29 is 27.8 Å². The molecule has 2 fully saturated rings. The third-order valence-electron chi connectivity index (χ3n) is 5.26. The van der Waals surface area contributed by atoms with E-state index in [4.69, 9.17) is 14.7 Å². The summed E-state index contributed by atoms with van der Waals surface area (Å²) in [6.45, 7) is 3.83. The predicted molar refractivity (Wildman–Crippen MR) is 100 cm³/mol. The average Bonchev–Trinajstić information content (AvgIpc) is 3.45. The molecule has 1 aliphatic carbocycles. The van der Waals surface area contributed by atoms with Crippen molar-refractivity contribution in [3.05, 3.63) is 0 Å². The molecule has 8 nitrogen and oxygen atoms in total. The first-order valence-electron chi connectivity index (χ1n) is 9.93. The number of ether oxygens (including phenoxy) is 2. The van der Waals surface area contributed by atoms with E-state index in [9.17, 15) is 18.4 Å². The van der Waals surface area contributed by atoms with Crippen molar-refractivity contribution >= 4 is 11.9 Å². The summed E-state index contributed by atoms with van der Waals surface area (Å²) in [5.74, 6) is -4.68. The molecular weight excluding hydrogens is 386 g/mol. The lowest BCUT2D eigenvalue weighted by Gasteiger charge is -2.40. The van der Waals surface area contributed by atoms with Crippen LogP contribution in [-0.2, 0) is 14.3 Å². The van der Waals surface area contributed by atoms with Crippen LogP contribution < -0.4 is 10.6 Å². The van der Waals surface area contributed by atoms with E-state index in [1.165, 1.54) is 4.90 Å². The number of nitrogens with one attached hydrogen (secondary N) is 2. The van der Waals surface area contributed by atoms with Gasteiger partial charge in [0.2, 0.25) is 11.8 Å². The van der Waals surface area contributed by atoms with E-state index in [2.05, 4.69) is 10.6 Å². The van der Waals surface area contributed by atoms with E-state index >= 15 is 0 Å². The fourth-order valence-electron chi connectivity index (χ4n) is 3.27. The van der Waals surface area contributed by atoms with Gasteiger partial charge in [0, 0.05) is 46.1 Å². The number of nitrogens with zero attached hydrogens (tertiary/aromatic N) is 2. The maximum Gasteiger partial charge on any atom is 0.318 e. The first-order chi connectivity index (χ1) is 13.6. The number of nitriles is 1. The Labute approximate surface area is 169 Å². The number of piperidine rings is 1. The van der Waals surface area contributed by atoms with Crippen molar-refractivity contribution in [1.82, 2.24) is 15.5 Å². The largest absolute Gasteiger partial charge is 0.353 e. The lowest BCUT2D eigenvalue weighted by molar-refractivity contribution is -0.241. The number of amides is 3. The van der Waals surface area contributed by atoms with E-state index in [-0.39, 0.29) is 0 Å². The Kier molecular flexibility index (Phi) is 7.40. The molecule has 1 saturated heterocycles. The molecule has 164 valence electrons. The first kappa shape index (κ1) is 23.3. The van der Waals surface area contributed by atoms with E-state index in [0.717, 1.165) is 6.42 Å². The topological polar surface area (TPSA) is 104 Å². The van der Waals surface area contributed by atoms with Gasteiger partial charge in [-0.05, 0) is 26.2 Å². The Morgan fingerprint density at radius 2 is 1.90 bits per heavy atom. The van der Waals surface area contributed by atoms with Gasteiger partial charge in [0.1, 0.15) is 11.6 Å². The zero-order chi connectivity index (χ0) is 21.7. The molecule has 2 aliphatic rings. The van der Waals surface area contributed by atoms with Crippen LogP contribution in [0.2, 0.25) is 0 Å². The second-order valence-corrected chi connectivity index (χ2v) is 7.91. The lowest BCUT2D eigenvalue weighted by atomic mass is 10.0. The Morgan fingerprint density at radius 1 is 1.28 bits per heavy atom. The molecule has 0 radical (unpaired) electrons. The van der Waals surface area contributed by atoms with Gasteiger partial charge in [-0.15, -0.1) is 0 Å². The molecule has 2 rings (SSSR count). The van der Waals surface area contributed by atoms with Crippen molar-refractivity contribution in [2.75, 3.05) is 26.8 Å². The van der Waals surface area contributed by atoms with Gasteiger partial charge < -0.3 is 25.0 Å². The molecule has 0 unspecified atom stereocenters. The Hall–Kier alpha value is -1.99. The van der Waals surface area contributed by atoms with Crippen LogP contribution in [0.1, 0.15) is 52.4 Å². The first-order valence-corrected chi connectivity index (χ1v) is 9.93. The number of halogens is 2. The predicted octanol–water partition coefficient (Wildman–Crippen LogP) is 2.15. The second kappa shape index (κ2) is 9.22. The summed E-state index contributed by atoms with van der Waals surface area (Å²) in [6.07, 6.45) is 1.82. The summed E-state index contributed by atoms with van der Waals surface area (Å²) in [5, 5.41) is 14.0. The van der Waals surface area contributed by atoms with Crippen LogP contribution in [0.15, 0.2) is 0 Å². The van der Waals surface area contributed by atoms with Gasteiger partial charge in [-0.25, -0.2) is 13.6 Å². The second-order valence-electron chi connectivity index (χ2n) is 7.91. The highest BCUT2D eigenvalue weighted by molar-refractivity contribution is 5.88. The van der Waals surface area contributed by atoms with Gasteiger partial charge in [0.15, 0.2) is 5.79 Å². The van der Waals surface area contributed by atoms with Crippen LogP contribution in [0.4, 0.5) is 13.6 Å². The van der Waals surface area contributed by atoms with E-state index in [0.29, 0.717) is 52.3 Å². The minimum absolute atomic E-state index is 0.308. The zero-order valence-electron chi connectivity index (χ0n) is 17.2. The highest BCUT2D eigenvalue weighted by Crippen LogP contribution is 2.34. The fraction of sp³-hybridized carbons (Fsp3) is 0.842. The van der Waals surface area contributed by atoms with Crippen molar-refractivity contribution in [2.24, 2.45) is 0 Å². The summed E-state index contributed by atoms with van der Waals surface area (Å²) in [4.78, 5) is 26.5. The molecule has 0 aromatic rings. The zero-order valence-corrected chi connectivity index (χ0v) is 17.2. The number of hydrogen-bond acceptors (Lipinski definition) is 5. The Morgan fingerprint density at radius 3 is 2.34 bits per heavy atom. The number of carbonyl (C=O) groups is 2. The molecule has 1 heterocycles. The standard InChI is InChI=1S/C19H30F2N4O4/c1-4-11-29-19(28-3)7-9-25(10-8-19)16(27)23-14(12-17(2,20)21)15(26)24-18(13-22)5-6-18/h14H,4-12H2,1-3H3,(H,23,27)(H,24,26)/t14-/m0/s1. The number of rotatable bonds is 9. The monoisotopic (exact) mass is 416 g/mol. The van der Waals surface area contributed by atoms with Gasteiger partial charge in [-0.3, -0.25) is 4.79 Å². The van der Waals surface area contributed by atoms with Gasteiger partial charge in [-0.1, -0.05) is 6.92 Å². The molecule has 10 heteroatoms. The number of urea groups is 1. The summed E-state index contributed by atoms with van der Waals surface area (Å²) >= 11 is 0. The molecule has 1 atom stereocenters. The van der Waals surface area contributed by atoms with E-state index in [1.807, 2.05) is 13.0 Å². The molecule has 0 bridgehead atoms. The number of methoxy groups -OCH3 is 1. The number of hydrogen-bond donors (Lipinski definition) is 2. The van der Waals surface area contributed by atoms with Crippen molar-refractivity contribution in [3.63, 3.8) is 0 Å². The van der Waals surface area contributed by atoms with Crippen molar-refractivity contribution in [3.8, 4) is 6.07 Å². The van der Waals surface area contributed by atoms with Crippen LogP contribution in [0, 0.1) is 11.3 Å². The molecule has 0 spiro atoms. The van der Waals surface area contributed by atoms with E-state index in [1.54, 1.807) is 7.11 Å². The van der Waals surface area contributed by atoms with Crippen molar-refractivity contribution in [1.29, 1.82) is 5.26 Å². The smallest absolute Gasteiger partial charge is 0.318 e. The number of alkyl halides is 2. The molecule has 0 aromatic carbocycles. The SMILES string of the molecule is CCCOC1(OC)CCN(C(=O)N[C@@H](CC(C)(F)F)C(=O)NC2(C#N)CC2)CC1. The quantitative estimate of drug-likeness (QED) is 0.561. The summed E-state index contributed by atoms with van der Waals surface area (Å²) in [5.41, 5.74) is -0.997. The lowest BCUT2D eigenvalue weighted by Crippen LogP contribution is -2.57. The average molecular weight is 416 g/mol. The molecule has 3 amide bonds. The van der Waals surface area contributed by atoms with Crippen LogP contribution in [0.3, 0.4) is 0 Å². The third kappa shape index (κ3) is 6.51. The van der Waals surface area contributed by atoms with Gasteiger partial charge >= 0.3 is 6.03 Å². The van der Waals surface area contributed by atoms with Gasteiger partial charge in [0.25, 0.3) is 0 Å². The molecular formula is C19H30F2N4O4. The normalized spacial score (nSPS) is 21.0. The highest BCUT2D eigenvalue weighted by Gasteiger charge is 2.47. The van der Waals surface area contributed by atoms with Crippen molar-refractivity contribution in [2.45, 2.75) is 75.7 Å². The van der Waals surface area contributed by atoms with E-state index < -0.39 is 41.6 Å². The highest BCUT2D eigenvalue weighted by atomic mass is 19.3. The Balaban J connectivity index is 1.97. The van der Waals surface area contributed by atoms with Gasteiger partial charge in [0.05, 0.1) is 6.07 Å². The Bertz CT molecular complexity index is 635. The fourth-order valence-corrected chi connectivity index (χ4v) is 3.27. The minimum atomic E-state index is -3.15. The molecule has 0 aromatic heterocycles. The number of carbonyl (C=O) groups excluding carboxylic acids is 2. The molecule has 2 N–H and O–H groups in total. The molecule has 29 heavy (non-hydrogen) atoms. The minimum Gasteiger partial charge on any atom is -0.353 e. The maximum atomic E-state index is 13.6. The number of likely N-dealkylation sites (tertiary alicyclic amines) is 1. The molecule has 1 saturated carbocycles. The maximum absolute atomic E-state index is 13.6. The van der Waals surface area contributed by atoms with Crippen LogP contribution in [0.5, 0.6) is 0 Å². The van der Waals surface area contributed by atoms with Gasteiger partial charge in [-0.2, -0.15) is 5.26 Å². The third-order valence-corrected chi connectivity index (χ3v) is 5.26. The summed E-state index contributed by atoms with van der Waals surface area (Å²) < 4.78 is 38.4. The van der Waals surface area contributed by atoms with Crippen LogP contribution in [0.25, 0.3) is 0 Å². The summed E-state index contributed by atoms with van der Waals surface area (Å²) in [7, 11) is 1.55.